The van der Waals surface area contributed by atoms with Crippen LogP contribution in [-0.2, 0) is 4.74 Å². The predicted molar refractivity (Wildman–Crippen MR) is 105 cm³/mol. The number of carbonyl (C=O) groups is 2. The smallest absolute Gasteiger partial charge is 0.339 e. The van der Waals surface area contributed by atoms with Crippen LogP contribution in [0.3, 0.4) is 0 Å². The molecule has 1 amide bonds. The second-order valence-corrected chi connectivity index (χ2v) is 5.99. The number of anilines is 3. The topological polar surface area (TPSA) is 80.3 Å². The first kappa shape index (κ1) is 18.4. The summed E-state index contributed by atoms with van der Waals surface area (Å²) >= 11 is 5.83. The minimum Gasteiger partial charge on any atom is -0.465 e. The summed E-state index contributed by atoms with van der Waals surface area (Å²) in [7, 11) is 1.32. The van der Waals surface area contributed by atoms with Crippen LogP contribution in [0, 0.1) is 0 Å². The molecule has 3 aromatic rings. The third kappa shape index (κ3) is 4.62. The highest BCUT2D eigenvalue weighted by Crippen LogP contribution is 2.21. The molecule has 0 unspecified atom stereocenters. The molecule has 2 N–H and O–H groups in total. The van der Waals surface area contributed by atoms with E-state index < -0.39 is 5.97 Å². The summed E-state index contributed by atoms with van der Waals surface area (Å²) in [6, 6.07) is 17.1. The van der Waals surface area contributed by atoms with E-state index in [1.807, 2.05) is 0 Å². The van der Waals surface area contributed by atoms with Crippen molar-refractivity contribution in [3.05, 3.63) is 83.0 Å². The zero-order chi connectivity index (χ0) is 19.2. The highest BCUT2D eigenvalue weighted by atomic mass is 35.5. The van der Waals surface area contributed by atoms with Crippen molar-refractivity contribution >= 4 is 40.7 Å². The third-order valence-electron chi connectivity index (χ3n) is 3.72. The van der Waals surface area contributed by atoms with Crippen molar-refractivity contribution in [3.63, 3.8) is 0 Å². The van der Waals surface area contributed by atoms with Crippen LogP contribution in [0.5, 0.6) is 0 Å². The first-order chi connectivity index (χ1) is 13.1. The summed E-state index contributed by atoms with van der Waals surface area (Å²) in [5.41, 5.74) is 2.00. The SMILES string of the molecule is COC(=O)c1ccccc1Nc1ccc(C(=O)Nc2ccc(Cl)cc2)cn1. The molecule has 0 saturated heterocycles. The number of ether oxygens (including phenoxy) is 1. The summed E-state index contributed by atoms with van der Waals surface area (Å²) in [5, 5.41) is 6.41. The molecule has 0 aliphatic rings. The summed E-state index contributed by atoms with van der Waals surface area (Å²) < 4.78 is 4.77. The van der Waals surface area contributed by atoms with E-state index in [2.05, 4.69) is 15.6 Å². The number of hydrogen-bond acceptors (Lipinski definition) is 5. The van der Waals surface area contributed by atoms with Crippen molar-refractivity contribution in [2.75, 3.05) is 17.7 Å². The van der Waals surface area contributed by atoms with Crippen LogP contribution in [0.1, 0.15) is 20.7 Å². The molecule has 136 valence electrons. The molecule has 0 spiro atoms. The Labute approximate surface area is 161 Å². The van der Waals surface area contributed by atoms with Crippen molar-refractivity contribution in [2.45, 2.75) is 0 Å². The lowest BCUT2D eigenvalue weighted by Gasteiger charge is -2.10. The lowest BCUT2D eigenvalue weighted by Crippen LogP contribution is -2.12. The fourth-order valence-corrected chi connectivity index (χ4v) is 2.48. The van der Waals surface area contributed by atoms with E-state index in [1.165, 1.54) is 13.3 Å². The first-order valence-corrected chi connectivity index (χ1v) is 8.42. The maximum atomic E-state index is 12.3. The molecule has 27 heavy (non-hydrogen) atoms. The molecule has 3 rings (SSSR count). The minimum atomic E-state index is -0.447. The highest BCUT2D eigenvalue weighted by molar-refractivity contribution is 6.30. The zero-order valence-electron chi connectivity index (χ0n) is 14.4. The number of benzene rings is 2. The normalized spacial score (nSPS) is 10.1. The zero-order valence-corrected chi connectivity index (χ0v) is 15.2. The maximum absolute atomic E-state index is 12.3. The van der Waals surface area contributed by atoms with Crippen molar-refractivity contribution in [1.29, 1.82) is 0 Å². The van der Waals surface area contributed by atoms with Gasteiger partial charge in [-0.05, 0) is 48.5 Å². The molecule has 0 aliphatic heterocycles. The molecule has 7 heteroatoms. The molecular weight excluding hydrogens is 366 g/mol. The van der Waals surface area contributed by atoms with Gasteiger partial charge in [0, 0.05) is 16.9 Å². The number of para-hydroxylation sites is 1. The van der Waals surface area contributed by atoms with Crippen LogP contribution in [0.2, 0.25) is 5.02 Å². The Balaban J connectivity index is 1.71. The van der Waals surface area contributed by atoms with Crippen LogP contribution in [0.25, 0.3) is 0 Å². The van der Waals surface area contributed by atoms with Gasteiger partial charge in [0.05, 0.1) is 23.9 Å². The second-order valence-electron chi connectivity index (χ2n) is 5.56. The van der Waals surface area contributed by atoms with Gasteiger partial charge in [0.25, 0.3) is 5.91 Å². The molecule has 0 fully saturated rings. The van der Waals surface area contributed by atoms with Crippen LogP contribution in [0.15, 0.2) is 66.9 Å². The van der Waals surface area contributed by atoms with Crippen LogP contribution in [-0.4, -0.2) is 24.0 Å². The monoisotopic (exact) mass is 381 g/mol. The number of methoxy groups -OCH3 is 1. The van der Waals surface area contributed by atoms with Gasteiger partial charge in [-0.3, -0.25) is 4.79 Å². The van der Waals surface area contributed by atoms with Gasteiger partial charge in [0.1, 0.15) is 5.82 Å². The largest absolute Gasteiger partial charge is 0.465 e. The Morgan fingerprint density at radius 2 is 1.74 bits per heavy atom. The van der Waals surface area contributed by atoms with E-state index in [9.17, 15) is 9.59 Å². The van der Waals surface area contributed by atoms with E-state index >= 15 is 0 Å². The summed E-state index contributed by atoms with van der Waals surface area (Å²) in [6.07, 6.45) is 1.45. The van der Waals surface area contributed by atoms with Crippen LogP contribution in [0.4, 0.5) is 17.2 Å². The van der Waals surface area contributed by atoms with E-state index in [4.69, 9.17) is 16.3 Å². The number of hydrogen-bond donors (Lipinski definition) is 2. The van der Waals surface area contributed by atoms with E-state index in [-0.39, 0.29) is 5.91 Å². The summed E-state index contributed by atoms with van der Waals surface area (Å²) in [4.78, 5) is 28.3. The van der Waals surface area contributed by atoms with Gasteiger partial charge in [0.2, 0.25) is 0 Å². The maximum Gasteiger partial charge on any atom is 0.339 e. The molecule has 0 atom stereocenters. The number of esters is 1. The molecule has 0 aliphatic carbocycles. The number of carbonyl (C=O) groups excluding carboxylic acids is 2. The third-order valence-corrected chi connectivity index (χ3v) is 3.97. The van der Waals surface area contributed by atoms with Gasteiger partial charge in [-0.2, -0.15) is 0 Å². The minimum absolute atomic E-state index is 0.286. The Morgan fingerprint density at radius 3 is 2.41 bits per heavy atom. The fraction of sp³-hybridized carbons (Fsp3) is 0.0500. The molecule has 0 radical (unpaired) electrons. The van der Waals surface area contributed by atoms with Crippen molar-refractivity contribution < 1.29 is 14.3 Å². The Hall–Kier alpha value is -3.38. The van der Waals surface area contributed by atoms with Gasteiger partial charge >= 0.3 is 5.97 Å². The number of nitrogens with one attached hydrogen (secondary N) is 2. The Morgan fingerprint density at radius 1 is 1.00 bits per heavy atom. The van der Waals surface area contributed by atoms with Gasteiger partial charge in [-0.1, -0.05) is 23.7 Å². The molecule has 0 saturated carbocycles. The van der Waals surface area contributed by atoms with Crippen LogP contribution >= 0.6 is 11.6 Å². The van der Waals surface area contributed by atoms with Crippen molar-refractivity contribution in [1.82, 2.24) is 4.98 Å². The van der Waals surface area contributed by atoms with Crippen LogP contribution < -0.4 is 10.6 Å². The standard InChI is InChI=1S/C20H16ClN3O3/c1-27-20(26)16-4-2-3-5-17(16)24-18-11-6-13(12-22-18)19(25)23-15-9-7-14(21)8-10-15/h2-12H,1H3,(H,22,24)(H,23,25). The average molecular weight is 382 g/mol. The molecule has 2 aromatic carbocycles. The second kappa shape index (κ2) is 8.33. The summed E-state index contributed by atoms with van der Waals surface area (Å²) in [5.74, 6) is -0.238. The van der Waals surface area contributed by atoms with Gasteiger partial charge < -0.3 is 15.4 Å². The van der Waals surface area contributed by atoms with Gasteiger partial charge in [-0.25, -0.2) is 9.78 Å². The Bertz CT molecular complexity index is 957. The molecule has 0 bridgehead atoms. The van der Waals surface area contributed by atoms with Gasteiger partial charge in [0.15, 0.2) is 0 Å². The number of halogens is 1. The van der Waals surface area contributed by atoms with E-state index in [1.54, 1.807) is 60.7 Å². The predicted octanol–water partition coefficient (Wildman–Crippen LogP) is 4.52. The lowest BCUT2D eigenvalue weighted by atomic mass is 10.1. The number of aromatic nitrogens is 1. The van der Waals surface area contributed by atoms with Gasteiger partial charge in [-0.15, -0.1) is 0 Å². The van der Waals surface area contributed by atoms with Crippen molar-refractivity contribution in [2.24, 2.45) is 0 Å². The Kier molecular flexibility index (Phi) is 5.68. The number of rotatable bonds is 5. The fourth-order valence-electron chi connectivity index (χ4n) is 2.36. The number of pyridine rings is 1. The van der Waals surface area contributed by atoms with Crippen molar-refractivity contribution in [3.8, 4) is 0 Å². The number of amides is 1. The first-order valence-electron chi connectivity index (χ1n) is 8.04. The molecule has 6 nitrogen and oxygen atoms in total. The average Bonchev–Trinajstić information content (AvgIpc) is 2.70. The molecule has 1 aromatic heterocycles. The lowest BCUT2D eigenvalue weighted by molar-refractivity contribution is 0.0601. The molecule has 1 heterocycles. The highest BCUT2D eigenvalue weighted by Gasteiger charge is 2.12. The summed E-state index contributed by atoms with van der Waals surface area (Å²) in [6.45, 7) is 0. The molecular formula is C20H16ClN3O3. The van der Waals surface area contributed by atoms with E-state index in [0.717, 1.165) is 0 Å². The van der Waals surface area contributed by atoms with E-state index in [0.29, 0.717) is 33.3 Å². The number of nitrogens with zero attached hydrogens (tertiary/aromatic N) is 1. The quantitative estimate of drug-likeness (QED) is 0.635.